The highest BCUT2D eigenvalue weighted by Crippen LogP contribution is 2.42. The normalized spacial score (nSPS) is 15.2. The van der Waals surface area contributed by atoms with Crippen LogP contribution in [0.5, 0.6) is 11.5 Å². The van der Waals surface area contributed by atoms with Crippen LogP contribution in [0.25, 0.3) is 11.3 Å². The third-order valence-corrected chi connectivity index (χ3v) is 2.80. The number of aromatic nitrogens is 4. The van der Waals surface area contributed by atoms with Gasteiger partial charge in [-0.2, -0.15) is 4.98 Å². The van der Waals surface area contributed by atoms with Crippen LogP contribution in [-0.4, -0.2) is 26.6 Å². The van der Waals surface area contributed by atoms with Crippen LogP contribution in [0.2, 0.25) is 0 Å². The molecule has 3 aromatic rings. The maximum Gasteiger partial charge on any atom is 0.586 e. The molecule has 1 aliphatic heterocycles. The summed E-state index contributed by atoms with van der Waals surface area (Å²) in [5, 5.41) is 9.59. The molecular formula is C11H5F2N5O4. The van der Waals surface area contributed by atoms with E-state index in [2.05, 4.69) is 39.7 Å². The summed E-state index contributed by atoms with van der Waals surface area (Å²) in [5.41, 5.74) is -0.0877. The van der Waals surface area contributed by atoms with Crippen LogP contribution >= 0.6 is 0 Å². The number of H-pyrrole nitrogens is 1. The standard InChI is InChI=1S/C11H5F2N5O4/c12-11(13)20-5-2-1-4(3-6(5)21-11)14-9-10(19)16-8-7(15-9)17-22-18-8/h1-3H,(H,14,15,17)(H,16,18,19). The number of halogens is 2. The predicted octanol–water partition coefficient (Wildman–Crippen LogP) is 1.37. The van der Waals surface area contributed by atoms with E-state index in [9.17, 15) is 13.6 Å². The van der Waals surface area contributed by atoms with Gasteiger partial charge in [0.15, 0.2) is 17.3 Å². The minimum Gasteiger partial charge on any atom is -0.395 e. The van der Waals surface area contributed by atoms with Crippen molar-refractivity contribution in [2.24, 2.45) is 0 Å². The summed E-state index contributed by atoms with van der Waals surface area (Å²) in [4.78, 5) is 18.1. The molecule has 22 heavy (non-hydrogen) atoms. The smallest absolute Gasteiger partial charge is 0.395 e. The number of ether oxygens (including phenoxy) is 2. The second-order valence-corrected chi connectivity index (χ2v) is 4.30. The van der Waals surface area contributed by atoms with Crippen LogP contribution in [0, 0.1) is 0 Å². The summed E-state index contributed by atoms with van der Waals surface area (Å²) in [6, 6.07) is 3.96. The van der Waals surface area contributed by atoms with Crippen molar-refractivity contribution < 1.29 is 22.9 Å². The van der Waals surface area contributed by atoms with E-state index in [-0.39, 0.29) is 28.6 Å². The number of aromatic amines is 1. The molecule has 4 rings (SSSR count). The lowest BCUT2D eigenvalue weighted by molar-refractivity contribution is -0.286. The lowest BCUT2D eigenvalue weighted by Gasteiger charge is -2.05. The largest absolute Gasteiger partial charge is 0.586 e. The number of rotatable bonds is 2. The number of nitrogens with one attached hydrogen (secondary N) is 2. The molecule has 112 valence electrons. The molecule has 0 unspecified atom stereocenters. The molecule has 0 fully saturated rings. The van der Waals surface area contributed by atoms with Gasteiger partial charge in [0.05, 0.1) is 0 Å². The first-order chi connectivity index (χ1) is 10.5. The zero-order valence-corrected chi connectivity index (χ0v) is 10.5. The van der Waals surface area contributed by atoms with Gasteiger partial charge in [0.1, 0.15) is 0 Å². The molecule has 1 aromatic carbocycles. The molecule has 1 aliphatic rings. The van der Waals surface area contributed by atoms with E-state index in [1.165, 1.54) is 18.2 Å². The maximum atomic E-state index is 12.9. The van der Waals surface area contributed by atoms with E-state index in [0.717, 1.165) is 0 Å². The number of hydrogen-bond donors (Lipinski definition) is 2. The van der Waals surface area contributed by atoms with E-state index < -0.39 is 11.9 Å². The van der Waals surface area contributed by atoms with E-state index >= 15 is 0 Å². The van der Waals surface area contributed by atoms with E-state index in [1.807, 2.05) is 0 Å². The lowest BCUT2D eigenvalue weighted by atomic mass is 10.3. The number of anilines is 2. The van der Waals surface area contributed by atoms with Crippen molar-refractivity contribution >= 4 is 22.8 Å². The molecule has 0 spiro atoms. The first kappa shape index (κ1) is 12.5. The summed E-state index contributed by atoms with van der Waals surface area (Å²) in [7, 11) is 0. The van der Waals surface area contributed by atoms with Crippen molar-refractivity contribution in [1.82, 2.24) is 20.3 Å². The Labute approximate surface area is 118 Å². The van der Waals surface area contributed by atoms with Crippen molar-refractivity contribution in [3.05, 3.63) is 28.6 Å². The highest BCUT2D eigenvalue weighted by atomic mass is 19.3. The topological polar surface area (TPSA) is 115 Å². The van der Waals surface area contributed by atoms with Crippen LogP contribution in [0.4, 0.5) is 20.3 Å². The van der Waals surface area contributed by atoms with Gasteiger partial charge in [0.2, 0.25) is 11.3 Å². The zero-order valence-electron chi connectivity index (χ0n) is 10.5. The van der Waals surface area contributed by atoms with Gasteiger partial charge in [-0.05, 0) is 22.4 Å². The monoisotopic (exact) mass is 309 g/mol. The Morgan fingerprint density at radius 3 is 2.86 bits per heavy atom. The van der Waals surface area contributed by atoms with Crippen molar-refractivity contribution in [1.29, 1.82) is 0 Å². The molecule has 0 aliphatic carbocycles. The number of fused-ring (bicyclic) bond motifs is 2. The van der Waals surface area contributed by atoms with Crippen LogP contribution in [0.3, 0.4) is 0 Å². The number of nitrogens with zero attached hydrogens (tertiary/aromatic N) is 3. The first-order valence-electron chi connectivity index (χ1n) is 5.90. The summed E-state index contributed by atoms with van der Waals surface area (Å²) < 4.78 is 38.9. The molecule has 0 saturated heterocycles. The van der Waals surface area contributed by atoms with Crippen molar-refractivity contribution in [2.75, 3.05) is 5.32 Å². The first-order valence-corrected chi connectivity index (χ1v) is 5.90. The van der Waals surface area contributed by atoms with Crippen molar-refractivity contribution in [3.8, 4) is 11.5 Å². The Bertz CT molecular complexity index is 938. The van der Waals surface area contributed by atoms with Gasteiger partial charge >= 0.3 is 6.29 Å². The average Bonchev–Trinajstić information content (AvgIpc) is 3.00. The van der Waals surface area contributed by atoms with Crippen LogP contribution in [0.15, 0.2) is 27.6 Å². The fraction of sp³-hybridized carbons (Fsp3) is 0.0909. The lowest BCUT2D eigenvalue weighted by Crippen LogP contribution is -2.25. The van der Waals surface area contributed by atoms with E-state index in [4.69, 9.17) is 0 Å². The fourth-order valence-corrected chi connectivity index (χ4v) is 1.91. The second-order valence-electron chi connectivity index (χ2n) is 4.30. The van der Waals surface area contributed by atoms with Gasteiger partial charge in [-0.3, -0.25) is 9.78 Å². The molecule has 0 radical (unpaired) electrons. The van der Waals surface area contributed by atoms with Gasteiger partial charge in [-0.1, -0.05) is 0 Å². The molecule has 2 aromatic heterocycles. The molecule has 11 heteroatoms. The van der Waals surface area contributed by atoms with Crippen LogP contribution in [-0.2, 0) is 0 Å². The Morgan fingerprint density at radius 2 is 2.00 bits per heavy atom. The van der Waals surface area contributed by atoms with Gasteiger partial charge in [-0.25, -0.2) is 4.63 Å². The van der Waals surface area contributed by atoms with E-state index in [0.29, 0.717) is 5.69 Å². The summed E-state index contributed by atoms with van der Waals surface area (Å²) in [6.07, 6.45) is -3.71. The van der Waals surface area contributed by atoms with Crippen molar-refractivity contribution in [2.45, 2.75) is 6.29 Å². The third kappa shape index (κ3) is 1.99. The van der Waals surface area contributed by atoms with Gasteiger partial charge in [0, 0.05) is 11.8 Å². The molecular weight excluding hydrogens is 304 g/mol. The Balaban J connectivity index is 1.69. The summed E-state index contributed by atoms with van der Waals surface area (Å²) in [5.74, 6) is -0.363. The summed E-state index contributed by atoms with van der Waals surface area (Å²) in [6.45, 7) is 0. The van der Waals surface area contributed by atoms with Crippen LogP contribution in [0.1, 0.15) is 0 Å². The number of alkyl halides is 2. The Hall–Kier alpha value is -3.24. The molecule has 2 N–H and O–H groups in total. The highest BCUT2D eigenvalue weighted by Gasteiger charge is 2.43. The molecule has 0 bridgehead atoms. The predicted molar refractivity (Wildman–Crippen MR) is 66.1 cm³/mol. The quantitative estimate of drug-likeness (QED) is 0.729. The fourth-order valence-electron chi connectivity index (χ4n) is 1.91. The van der Waals surface area contributed by atoms with Crippen molar-refractivity contribution in [3.63, 3.8) is 0 Å². The Kier molecular flexibility index (Phi) is 2.35. The number of benzene rings is 1. The van der Waals surface area contributed by atoms with Gasteiger partial charge in [0.25, 0.3) is 5.56 Å². The SMILES string of the molecule is O=c1[nH]c2nonc2nc1Nc1ccc2c(c1)OC(F)(F)O2. The second kappa shape index (κ2) is 4.13. The third-order valence-electron chi connectivity index (χ3n) is 2.80. The highest BCUT2D eigenvalue weighted by molar-refractivity contribution is 5.68. The maximum absolute atomic E-state index is 12.9. The minimum atomic E-state index is -3.71. The molecule has 0 amide bonds. The average molecular weight is 309 g/mol. The van der Waals surface area contributed by atoms with Gasteiger partial charge < -0.3 is 14.8 Å². The number of hydrogen-bond acceptors (Lipinski definition) is 8. The molecule has 9 nitrogen and oxygen atoms in total. The van der Waals surface area contributed by atoms with Gasteiger partial charge in [-0.15, -0.1) is 8.78 Å². The van der Waals surface area contributed by atoms with Crippen LogP contribution < -0.4 is 20.3 Å². The Morgan fingerprint density at radius 1 is 1.18 bits per heavy atom. The molecule has 0 atom stereocenters. The van der Waals surface area contributed by atoms with E-state index in [1.54, 1.807) is 0 Å². The zero-order chi connectivity index (χ0) is 15.3. The molecule has 0 saturated carbocycles. The summed E-state index contributed by atoms with van der Waals surface area (Å²) >= 11 is 0. The minimum absolute atomic E-state index is 0.0920. The molecule has 3 heterocycles.